The summed E-state index contributed by atoms with van der Waals surface area (Å²) in [4.78, 5) is 30.5. The minimum Gasteiger partial charge on any atom is -0.480 e. The van der Waals surface area contributed by atoms with Crippen molar-refractivity contribution in [1.82, 2.24) is 9.55 Å². The predicted molar refractivity (Wildman–Crippen MR) is 112 cm³/mol. The number of aryl methyl sites for hydroxylation is 2. The van der Waals surface area contributed by atoms with Crippen molar-refractivity contribution in [3.05, 3.63) is 56.1 Å². The molecule has 3 aromatic rings. The SMILES string of the molecule is CC[C@@]1(O)C(=O)COc2c1cc1n(c2=O)Cc2c-1nc1cc(F)c(C)c3c1c2CCC3. The van der Waals surface area contributed by atoms with Crippen molar-refractivity contribution in [2.24, 2.45) is 0 Å². The van der Waals surface area contributed by atoms with Gasteiger partial charge in [0.15, 0.2) is 18.0 Å². The molecule has 1 aliphatic carbocycles. The number of aliphatic hydroxyl groups is 1. The van der Waals surface area contributed by atoms with E-state index in [0.717, 1.165) is 41.3 Å². The summed E-state index contributed by atoms with van der Waals surface area (Å²) in [7, 11) is 0. The van der Waals surface area contributed by atoms with Gasteiger partial charge >= 0.3 is 0 Å². The molecule has 2 aromatic heterocycles. The van der Waals surface area contributed by atoms with Crippen LogP contribution in [0.1, 0.15) is 47.6 Å². The third kappa shape index (κ3) is 2.22. The molecule has 4 heterocycles. The number of fused-ring (bicyclic) bond motifs is 5. The Labute approximate surface area is 177 Å². The summed E-state index contributed by atoms with van der Waals surface area (Å²) in [5, 5.41) is 12.0. The minimum atomic E-state index is -1.76. The standard InChI is InChI=1S/C24H21FN2O4/c1-3-24(30)15-7-18-21-14(9-27(18)23(29)22(15)31-10-19(24)28)13-6-4-5-12-11(2)16(25)8-17(26-21)20(12)13/h7-8,30H,3-6,9-10H2,1-2H3/t24-/m0/s1. The number of nitrogens with zero attached hydrogens (tertiary/aromatic N) is 2. The first-order chi connectivity index (χ1) is 14.8. The second-order valence-corrected chi connectivity index (χ2v) is 8.72. The van der Waals surface area contributed by atoms with E-state index in [1.807, 2.05) is 0 Å². The van der Waals surface area contributed by atoms with Gasteiger partial charge in [-0.15, -0.1) is 0 Å². The molecule has 3 aliphatic rings. The smallest absolute Gasteiger partial charge is 0.294 e. The fourth-order valence-electron chi connectivity index (χ4n) is 5.49. The third-order valence-electron chi connectivity index (χ3n) is 7.25. The van der Waals surface area contributed by atoms with Crippen molar-refractivity contribution in [1.29, 1.82) is 0 Å². The Bertz CT molecular complexity index is 1410. The van der Waals surface area contributed by atoms with Crippen molar-refractivity contribution >= 4 is 16.7 Å². The summed E-state index contributed by atoms with van der Waals surface area (Å²) in [6, 6.07) is 3.13. The van der Waals surface area contributed by atoms with Crippen LogP contribution in [0.2, 0.25) is 0 Å². The molecule has 6 nitrogen and oxygen atoms in total. The maximum Gasteiger partial charge on any atom is 0.294 e. The zero-order chi connectivity index (χ0) is 21.7. The number of benzene rings is 1. The van der Waals surface area contributed by atoms with Crippen molar-refractivity contribution in [3.63, 3.8) is 0 Å². The number of Topliss-reactive ketones (excluding diaryl/α,β-unsaturated/α-hetero) is 1. The lowest BCUT2D eigenvalue weighted by Crippen LogP contribution is -2.45. The highest BCUT2D eigenvalue weighted by Crippen LogP contribution is 2.44. The third-order valence-corrected chi connectivity index (χ3v) is 7.25. The van der Waals surface area contributed by atoms with Gasteiger partial charge in [0, 0.05) is 22.6 Å². The van der Waals surface area contributed by atoms with Gasteiger partial charge in [-0.3, -0.25) is 14.2 Å². The first-order valence-corrected chi connectivity index (χ1v) is 10.7. The zero-order valence-electron chi connectivity index (χ0n) is 17.3. The fourth-order valence-corrected chi connectivity index (χ4v) is 5.49. The summed E-state index contributed by atoms with van der Waals surface area (Å²) < 4.78 is 21.7. The molecule has 1 atom stereocenters. The van der Waals surface area contributed by atoms with E-state index in [4.69, 9.17) is 9.72 Å². The molecular formula is C24H21FN2O4. The average molecular weight is 420 g/mol. The zero-order valence-corrected chi connectivity index (χ0v) is 17.3. The Morgan fingerprint density at radius 3 is 2.77 bits per heavy atom. The van der Waals surface area contributed by atoms with Gasteiger partial charge in [-0.25, -0.2) is 9.37 Å². The van der Waals surface area contributed by atoms with Crippen molar-refractivity contribution < 1.29 is 19.0 Å². The van der Waals surface area contributed by atoms with E-state index in [2.05, 4.69) is 0 Å². The van der Waals surface area contributed by atoms with Crippen LogP contribution in [0.5, 0.6) is 5.75 Å². The van der Waals surface area contributed by atoms with Crippen LogP contribution in [0, 0.1) is 12.7 Å². The van der Waals surface area contributed by atoms with Crippen molar-refractivity contribution in [2.45, 2.75) is 51.7 Å². The Morgan fingerprint density at radius 2 is 2.00 bits per heavy atom. The molecule has 2 aliphatic heterocycles. The highest BCUT2D eigenvalue weighted by molar-refractivity contribution is 5.94. The average Bonchev–Trinajstić information content (AvgIpc) is 3.14. The van der Waals surface area contributed by atoms with E-state index in [0.29, 0.717) is 29.0 Å². The van der Waals surface area contributed by atoms with Gasteiger partial charge in [-0.2, -0.15) is 0 Å². The first kappa shape index (κ1) is 18.7. The van der Waals surface area contributed by atoms with Gasteiger partial charge in [-0.05, 0) is 55.4 Å². The van der Waals surface area contributed by atoms with Gasteiger partial charge in [-0.1, -0.05) is 6.92 Å². The molecule has 7 heteroatoms. The first-order valence-electron chi connectivity index (χ1n) is 10.7. The quantitative estimate of drug-likeness (QED) is 0.512. The normalized spacial score (nSPS) is 21.0. The van der Waals surface area contributed by atoms with Gasteiger partial charge in [0.1, 0.15) is 5.82 Å². The van der Waals surface area contributed by atoms with E-state index in [1.165, 1.54) is 6.07 Å². The van der Waals surface area contributed by atoms with Crippen LogP contribution < -0.4 is 10.3 Å². The van der Waals surface area contributed by atoms with Gasteiger partial charge in [0.25, 0.3) is 5.56 Å². The van der Waals surface area contributed by atoms with Gasteiger partial charge in [0.05, 0.1) is 23.4 Å². The highest BCUT2D eigenvalue weighted by Gasteiger charge is 2.45. The van der Waals surface area contributed by atoms with Crippen LogP contribution in [0.3, 0.4) is 0 Å². The number of rotatable bonds is 1. The lowest BCUT2D eigenvalue weighted by molar-refractivity contribution is -0.143. The summed E-state index contributed by atoms with van der Waals surface area (Å²) in [6.45, 7) is 3.54. The van der Waals surface area contributed by atoms with Crippen LogP contribution in [0.25, 0.3) is 22.3 Å². The number of aromatic nitrogens is 2. The number of pyridine rings is 2. The predicted octanol–water partition coefficient (Wildman–Crippen LogP) is 2.92. The van der Waals surface area contributed by atoms with Crippen LogP contribution >= 0.6 is 0 Å². The van der Waals surface area contributed by atoms with E-state index in [1.54, 1.807) is 24.5 Å². The second kappa shape index (κ2) is 6.01. The second-order valence-electron chi connectivity index (χ2n) is 8.72. The summed E-state index contributed by atoms with van der Waals surface area (Å²) in [6.07, 6.45) is 2.71. The maximum absolute atomic E-state index is 14.6. The lowest BCUT2D eigenvalue weighted by Gasteiger charge is -2.32. The number of carbonyl (C=O) groups excluding carboxylic acids is 1. The molecule has 1 aromatic carbocycles. The minimum absolute atomic E-state index is 0.0290. The molecular weight excluding hydrogens is 399 g/mol. The van der Waals surface area contributed by atoms with Gasteiger partial charge in [0.2, 0.25) is 5.78 Å². The number of ketones is 1. The van der Waals surface area contributed by atoms with Crippen LogP contribution in [-0.2, 0) is 29.8 Å². The van der Waals surface area contributed by atoms with E-state index >= 15 is 0 Å². The van der Waals surface area contributed by atoms with Crippen LogP contribution in [-0.4, -0.2) is 27.0 Å². The van der Waals surface area contributed by atoms with Crippen LogP contribution in [0.15, 0.2) is 16.9 Å². The Balaban J connectivity index is 1.68. The molecule has 0 fully saturated rings. The Kier molecular flexibility index (Phi) is 3.62. The van der Waals surface area contributed by atoms with Crippen molar-refractivity contribution in [2.75, 3.05) is 6.61 Å². The molecule has 6 rings (SSSR count). The number of carbonyl (C=O) groups is 1. The molecule has 158 valence electrons. The Morgan fingerprint density at radius 1 is 1.23 bits per heavy atom. The van der Waals surface area contributed by atoms with Crippen molar-refractivity contribution in [3.8, 4) is 17.1 Å². The molecule has 31 heavy (non-hydrogen) atoms. The summed E-state index contributed by atoms with van der Waals surface area (Å²) in [5.41, 5.74) is 3.56. The molecule has 0 amide bonds. The molecule has 0 spiro atoms. The largest absolute Gasteiger partial charge is 0.480 e. The number of halogens is 1. The molecule has 0 saturated carbocycles. The monoisotopic (exact) mass is 420 g/mol. The lowest BCUT2D eigenvalue weighted by atomic mass is 9.84. The molecule has 0 bridgehead atoms. The molecule has 0 unspecified atom stereocenters. The molecule has 1 N–H and O–H groups in total. The maximum atomic E-state index is 14.6. The topological polar surface area (TPSA) is 81.4 Å². The van der Waals surface area contributed by atoms with Crippen LogP contribution in [0.4, 0.5) is 4.39 Å². The fraction of sp³-hybridized carbons (Fsp3) is 0.375. The summed E-state index contributed by atoms with van der Waals surface area (Å²) in [5.74, 6) is -0.710. The van der Waals surface area contributed by atoms with Gasteiger partial charge < -0.3 is 9.84 Å². The summed E-state index contributed by atoms with van der Waals surface area (Å²) >= 11 is 0. The Hall–Kier alpha value is -3.06. The number of hydrogen-bond acceptors (Lipinski definition) is 5. The van der Waals surface area contributed by atoms with E-state index < -0.39 is 11.4 Å². The highest BCUT2D eigenvalue weighted by atomic mass is 19.1. The number of ether oxygens (including phenoxy) is 1. The van der Waals surface area contributed by atoms with E-state index in [-0.39, 0.29) is 35.7 Å². The molecule has 0 radical (unpaired) electrons. The number of hydrogen-bond donors (Lipinski definition) is 1. The van der Waals surface area contributed by atoms with E-state index in [9.17, 15) is 19.1 Å². The molecule has 0 saturated heterocycles.